The monoisotopic (exact) mass is 316 g/mol. The molecule has 0 saturated carbocycles. The fraction of sp³-hybridized carbons (Fsp3) is 0.882. The van der Waals surface area contributed by atoms with Crippen LogP contribution < -0.4 is 0 Å². The highest BCUT2D eigenvalue weighted by Crippen LogP contribution is 2.06. The maximum Gasteiger partial charge on any atom is 0.305 e. The van der Waals surface area contributed by atoms with Crippen molar-refractivity contribution < 1.29 is 24.2 Å². The van der Waals surface area contributed by atoms with Crippen LogP contribution >= 0.6 is 0 Å². The van der Waals surface area contributed by atoms with Crippen LogP contribution in [0, 0.1) is 0 Å². The summed E-state index contributed by atoms with van der Waals surface area (Å²) in [5.74, 6) is -0.612. The lowest BCUT2D eigenvalue weighted by molar-refractivity contribution is -0.152. The maximum absolute atomic E-state index is 11.5. The Balaban J connectivity index is 3.52. The second-order valence-corrected chi connectivity index (χ2v) is 5.64. The van der Waals surface area contributed by atoms with Crippen LogP contribution in [0.1, 0.15) is 78.1 Å². The number of hydrogen-bond donors (Lipinski definition) is 1. The van der Waals surface area contributed by atoms with E-state index in [0.29, 0.717) is 12.8 Å². The Kier molecular flexibility index (Phi) is 14.1. The van der Waals surface area contributed by atoms with E-state index in [4.69, 9.17) is 9.47 Å². The Bertz CT molecular complexity index is 291. The van der Waals surface area contributed by atoms with Crippen molar-refractivity contribution in [3.63, 3.8) is 0 Å². The SMILES string of the molecule is CCCCCCCC(=O)OCC(O)COC(=O)CCCCC. The van der Waals surface area contributed by atoms with Crippen LogP contribution in [-0.2, 0) is 19.1 Å². The largest absolute Gasteiger partial charge is 0.463 e. The molecule has 0 radical (unpaired) electrons. The minimum atomic E-state index is -0.945. The van der Waals surface area contributed by atoms with E-state index in [0.717, 1.165) is 38.5 Å². The van der Waals surface area contributed by atoms with Crippen LogP contribution in [0.15, 0.2) is 0 Å². The molecule has 0 heterocycles. The predicted molar refractivity (Wildman–Crippen MR) is 85.4 cm³/mol. The standard InChI is InChI=1S/C17H32O5/c1-3-5-7-8-10-12-17(20)22-14-15(18)13-21-16(19)11-9-6-4-2/h15,18H,3-14H2,1-2H3. The van der Waals surface area contributed by atoms with Crippen molar-refractivity contribution in [3.05, 3.63) is 0 Å². The second kappa shape index (κ2) is 14.8. The molecule has 0 aromatic heterocycles. The third kappa shape index (κ3) is 13.9. The topological polar surface area (TPSA) is 72.8 Å². The van der Waals surface area contributed by atoms with Gasteiger partial charge in [0.15, 0.2) is 0 Å². The number of ether oxygens (including phenoxy) is 2. The molecule has 0 rings (SSSR count). The van der Waals surface area contributed by atoms with Crippen molar-refractivity contribution in [1.29, 1.82) is 0 Å². The van der Waals surface area contributed by atoms with Gasteiger partial charge in [0.05, 0.1) is 0 Å². The highest BCUT2D eigenvalue weighted by atomic mass is 16.6. The van der Waals surface area contributed by atoms with Crippen LogP contribution in [0.25, 0.3) is 0 Å². The molecule has 0 aromatic carbocycles. The van der Waals surface area contributed by atoms with Crippen molar-refractivity contribution in [2.75, 3.05) is 13.2 Å². The number of rotatable bonds is 14. The molecule has 0 aliphatic rings. The normalized spacial score (nSPS) is 12.0. The first kappa shape index (κ1) is 20.9. The number of aliphatic hydroxyl groups is 1. The summed E-state index contributed by atoms with van der Waals surface area (Å²) in [5.41, 5.74) is 0. The smallest absolute Gasteiger partial charge is 0.305 e. The van der Waals surface area contributed by atoms with Gasteiger partial charge in [-0.15, -0.1) is 0 Å². The summed E-state index contributed by atoms with van der Waals surface area (Å²) in [4.78, 5) is 22.8. The quantitative estimate of drug-likeness (QED) is 0.393. The van der Waals surface area contributed by atoms with Crippen LogP contribution in [0.2, 0.25) is 0 Å². The Morgan fingerprint density at radius 1 is 0.773 bits per heavy atom. The van der Waals surface area contributed by atoms with E-state index in [1.807, 2.05) is 0 Å². The zero-order chi connectivity index (χ0) is 16.6. The lowest BCUT2D eigenvalue weighted by atomic mass is 10.1. The van der Waals surface area contributed by atoms with Crippen LogP contribution in [0.3, 0.4) is 0 Å². The van der Waals surface area contributed by atoms with E-state index in [9.17, 15) is 14.7 Å². The molecule has 130 valence electrons. The molecule has 5 heteroatoms. The minimum absolute atomic E-state index is 0.115. The van der Waals surface area contributed by atoms with Gasteiger partial charge in [0.2, 0.25) is 0 Å². The van der Waals surface area contributed by atoms with Crippen molar-refractivity contribution >= 4 is 11.9 Å². The first-order chi connectivity index (χ1) is 10.6. The molecule has 1 unspecified atom stereocenters. The van der Waals surface area contributed by atoms with E-state index in [1.165, 1.54) is 12.8 Å². The number of carbonyl (C=O) groups is 2. The molecule has 1 N–H and O–H groups in total. The average molecular weight is 316 g/mol. The molecule has 0 aliphatic carbocycles. The lowest BCUT2D eigenvalue weighted by Gasteiger charge is -2.12. The fourth-order valence-corrected chi connectivity index (χ4v) is 1.96. The molecule has 0 amide bonds. The Labute approximate surface area is 134 Å². The van der Waals surface area contributed by atoms with Gasteiger partial charge in [0, 0.05) is 12.8 Å². The average Bonchev–Trinajstić information content (AvgIpc) is 2.51. The van der Waals surface area contributed by atoms with Crippen molar-refractivity contribution in [3.8, 4) is 0 Å². The third-order valence-corrected chi connectivity index (χ3v) is 3.34. The number of aliphatic hydroxyl groups excluding tert-OH is 1. The number of carbonyl (C=O) groups excluding carboxylic acids is 2. The van der Waals surface area contributed by atoms with Crippen molar-refractivity contribution in [2.24, 2.45) is 0 Å². The van der Waals surface area contributed by atoms with Crippen LogP contribution in [-0.4, -0.2) is 36.4 Å². The number of unbranched alkanes of at least 4 members (excludes halogenated alkanes) is 6. The van der Waals surface area contributed by atoms with E-state index in [-0.39, 0.29) is 25.2 Å². The van der Waals surface area contributed by atoms with Crippen molar-refractivity contribution in [1.82, 2.24) is 0 Å². The van der Waals surface area contributed by atoms with Gasteiger partial charge in [0.25, 0.3) is 0 Å². The summed E-state index contributed by atoms with van der Waals surface area (Å²) in [6.45, 7) is 3.98. The molecule has 22 heavy (non-hydrogen) atoms. The number of hydrogen-bond acceptors (Lipinski definition) is 5. The van der Waals surface area contributed by atoms with Gasteiger partial charge < -0.3 is 14.6 Å². The van der Waals surface area contributed by atoms with Crippen molar-refractivity contribution in [2.45, 2.75) is 84.2 Å². The van der Waals surface area contributed by atoms with Gasteiger partial charge in [-0.3, -0.25) is 9.59 Å². The summed E-state index contributed by atoms with van der Waals surface area (Å²) < 4.78 is 9.89. The summed E-state index contributed by atoms with van der Waals surface area (Å²) in [5, 5.41) is 9.61. The van der Waals surface area contributed by atoms with E-state index < -0.39 is 6.10 Å². The summed E-state index contributed by atoms with van der Waals surface area (Å²) in [6, 6.07) is 0. The zero-order valence-corrected chi connectivity index (χ0v) is 14.1. The Morgan fingerprint density at radius 2 is 1.18 bits per heavy atom. The van der Waals surface area contributed by atoms with Crippen LogP contribution in [0.4, 0.5) is 0 Å². The predicted octanol–water partition coefficient (Wildman–Crippen LogP) is 3.37. The summed E-state index contributed by atoms with van der Waals surface area (Å²) >= 11 is 0. The van der Waals surface area contributed by atoms with Gasteiger partial charge in [0.1, 0.15) is 19.3 Å². The third-order valence-electron chi connectivity index (χ3n) is 3.34. The zero-order valence-electron chi connectivity index (χ0n) is 14.1. The highest BCUT2D eigenvalue weighted by molar-refractivity contribution is 5.69. The molecule has 5 nitrogen and oxygen atoms in total. The van der Waals surface area contributed by atoms with E-state index in [1.54, 1.807) is 0 Å². The molecule has 1 atom stereocenters. The maximum atomic E-state index is 11.5. The Hall–Kier alpha value is -1.10. The fourth-order valence-electron chi connectivity index (χ4n) is 1.96. The molecule has 0 saturated heterocycles. The molecule has 0 spiro atoms. The minimum Gasteiger partial charge on any atom is -0.463 e. The summed E-state index contributed by atoms with van der Waals surface area (Å²) in [6.07, 6.45) is 8.01. The first-order valence-electron chi connectivity index (χ1n) is 8.59. The van der Waals surface area contributed by atoms with Crippen LogP contribution in [0.5, 0.6) is 0 Å². The van der Waals surface area contributed by atoms with E-state index in [2.05, 4.69) is 13.8 Å². The molecule has 0 bridgehead atoms. The van der Waals surface area contributed by atoms with Gasteiger partial charge in [-0.1, -0.05) is 52.4 Å². The Morgan fingerprint density at radius 3 is 1.68 bits per heavy atom. The van der Waals surface area contributed by atoms with E-state index >= 15 is 0 Å². The molecule has 0 aromatic rings. The van der Waals surface area contributed by atoms with Gasteiger partial charge >= 0.3 is 11.9 Å². The molecule has 0 aliphatic heterocycles. The van der Waals surface area contributed by atoms with Gasteiger partial charge in [-0.25, -0.2) is 0 Å². The molecular formula is C17H32O5. The molecule has 0 fully saturated rings. The van der Waals surface area contributed by atoms with Gasteiger partial charge in [-0.05, 0) is 12.8 Å². The lowest BCUT2D eigenvalue weighted by Crippen LogP contribution is -2.25. The molecular weight excluding hydrogens is 284 g/mol. The first-order valence-corrected chi connectivity index (χ1v) is 8.59. The summed E-state index contributed by atoms with van der Waals surface area (Å²) in [7, 11) is 0. The number of esters is 2. The van der Waals surface area contributed by atoms with Gasteiger partial charge in [-0.2, -0.15) is 0 Å². The second-order valence-electron chi connectivity index (χ2n) is 5.64. The highest BCUT2D eigenvalue weighted by Gasteiger charge is 2.11.